The summed E-state index contributed by atoms with van der Waals surface area (Å²) in [4.78, 5) is 4.58. The Labute approximate surface area is 139 Å². The molecule has 0 fully saturated rings. The van der Waals surface area contributed by atoms with Crippen molar-refractivity contribution in [3.63, 3.8) is 0 Å². The van der Waals surface area contributed by atoms with Gasteiger partial charge in [0.05, 0.1) is 18.4 Å². The zero-order chi connectivity index (χ0) is 17.0. The molecular formula is C17H29NO2SSi. The molecule has 0 radical (unpaired) electrons. The van der Waals surface area contributed by atoms with Gasteiger partial charge >= 0.3 is 0 Å². The highest BCUT2D eigenvalue weighted by Crippen LogP contribution is 2.37. The summed E-state index contributed by atoms with van der Waals surface area (Å²) in [6.45, 7) is 17.3. The Morgan fingerprint density at radius 3 is 2.68 bits per heavy atom. The normalized spacial score (nSPS) is 15.0. The molecule has 124 valence electrons. The van der Waals surface area contributed by atoms with Gasteiger partial charge in [0.25, 0.3) is 0 Å². The Morgan fingerprint density at radius 2 is 2.14 bits per heavy atom. The van der Waals surface area contributed by atoms with Crippen molar-refractivity contribution in [1.29, 1.82) is 0 Å². The maximum Gasteiger partial charge on any atom is 0.192 e. The number of thiazole rings is 1. The summed E-state index contributed by atoms with van der Waals surface area (Å²) >= 11 is 1.61. The molecule has 3 nitrogen and oxygen atoms in total. The smallest absolute Gasteiger partial charge is 0.192 e. The lowest BCUT2D eigenvalue weighted by molar-refractivity contribution is 0.215. The lowest BCUT2D eigenvalue weighted by atomic mass is 10.1. The van der Waals surface area contributed by atoms with Crippen molar-refractivity contribution in [3.8, 4) is 0 Å². The van der Waals surface area contributed by atoms with Crippen LogP contribution in [0.4, 0.5) is 0 Å². The number of nitrogens with zero attached hydrogens (tertiary/aromatic N) is 1. The summed E-state index contributed by atoms with van der Waals surface area (Å²) in [5.41, 5.74) is 1.79. The number of aromatic nitrogens is 1. The van der Waals surface area contributed by atoms with Crippen molar-refractivity contribution in [2.24, 2.45) is 0 Å². The Hall–Kier alpha value is -0.753. The standard InChI is InChI=1S/C17H29NO2SSi/c1-8-9-15(19)13(2)10-14-12-21-16(18-14)11-20-22(6,7)17(3,4)5/h8,10,12,15,19H,1,9,11H2,2-7H3/b13-10+/t15-/m0/s1. The van der Waals surface area contributed by atoms with Gasteiger partial charge in [-0.3, -0.25) is 0 Å². The first-order valence-corrected chi connectivity index (χ1v) is 11.4. The topological polar surface area (TPSA) is 42.4 Å². The van der Waals surface area contributed by atoms with Crippen LogP contribution in [0, 0.1) is 0 Å². The average molecular weight is 340 g/mol. The van der Waals surface area contributed by atoms with Crippen LogP contribution in [0.5, 0.6) is 0 Å². The van der Waals surface area contributed by atoms with E-state index < -0.39 is 14.4 Å². The molecule has 1 aromatic heterocycles. The maximum absolute atomic E-state index is 9.90. The Bertz CT molecular complexity index is 529. The minimum absolute atomic E-state index is 0.207. The highest BCUT2D eigenvalue weighted by atomic mass is 32.1. The Morgan fingerprint density at radius 1 is 1.50 bits per heavy atom. The van der Waals surface area contributed by atoms with Gasteiger partial charge in [-0.1, -0.05) is 26.8 Å². The van der Waals surface area contributed by atoms with Crippen LogP contribution in [0.1, 0.15) is 44.8 Å². The zero-order valence-corrected chi connectivity index (χ0v) is 16.5. The van der Waals surface area contributed by atoms with Gasteiger partial charge in [0, 0.05) is 5.38 Å². The van der Waals surface area contributed by atoms with Crippen LogP contribution in [0.15, 0.2) is 23.6 Å². The molecule has 0 saturated carbocycles. The first kappa shape index (κ1) is 19.3. The van der Waals surface area contributed by atoms with Gasteiger partial charge in [-0.25, -0.2) is 4.98 Å². The lowest BCUT2D eigenvalue weighted by Crippen LogP contribution is -2.40. The number of aliphatic hydroxyl groups is 1. The molecule has 0 aliphatic carbocycles. The summed E-state index contributed by atoms with van der Waals surface area (Å²) in [6, 6.07) is 0. The van der Waals surface area contributed by atoms with E-state index >= 15 is 0 Å². The quantitative estimate of drug-likeness (QED) is 0.561. The number of rotatable bonds is 7. The second kappa shape index (κ2) is 7.68. The molecule has 1 rings (SSSR count). The van der Waals surface area contributed by atoms with E-state index in [2.05, 4.69) is 45.4 Å². The fraction of sp³-hybridized carbons (Fsp3) is 0.588. The van der Waals surface area contributed by atoms with E-state index in [9.17, 15) is 5.11 Å². The zero-order valence-electron chi connectivity index (χ0n) is 14.6. The van der Waals surface area contributed by atoms with Crippen molar-refractivity contribution in [2.75, 3.05) is 0 Å². The molecule has 0 aliphatic rings. The summed E-state index contributed by atoms with van der Waals surface area (Å²) in [6.07, 6.45) is 3.74. The van der Waals surface area contributed by atoms with Crippen molar-refractivity contribution in [2.45, 2.75) is 65.0 Å². The molecule has 5 heteroatoms. The van der Waals surface area contributed by atoms with Crippen LogP contribution in [0.3, 0.4) is 0 Å². The molecule has 1 aromatic rings. The van der Waals surface area contributed by atoms with E-state index in [0.29, 0.717) is 13.0 Å². The van der Waals surface area contributed by atoms with E-state index in [1.165, 1.54) is 0 Å². The van der Waals surface area contributed by atoms with Gasteiger partial charge in [0.2, 0.25) is 0 Å². The third kappa shape index (κ3) is 5.46. The maximum atomic E-state index is 9.90. The molecular weight excluding hydrogens is 310 g/mol. The summed E-state index contributed by atoms with van der Waals surface area (Å²) in [5, 5.41) is 13.1. The van der Waals surface area contributed by atoms with Crippen molar-refractivity contribution < 1.29 is 9.53 Å². The van der Waals surface area contributed by atoms with Gasteiger partial charge in [-0.05, 0) is 43.1 Å². The Balaban J connectivity index is 2.69. The fourth-order valence-electron chi connectivity index (χ4n) is 1.59. The molecule has 1 N–H and O–H groups in total. The molecule has 1 heterocycles. The molecule has 0 aliphatic heterocycles. The van der Waals surface area contributed by atoms with Gasteiger partial charge in [-0.15, -0.1) is 17.9 Å². The summed E-state index contributed by atoms with van der Waals surface area (Å²) in [5.74, 6) is 0. The van der Waals surface area contributed by atoms with Crippen LogP contribution >= 0.6 is 11.3 Å². The largest absolute Gasteiger partial charge is 0.410 e. The molecule has 0 unspecified atom stereocenters. The van der Waals surface area contributed by atoms with Crippen LogP contribution < -0.4 is 0 Å². The van der Waals surface area contributed by atoms with Crippen LogP contribution in [0.25, 0.3) is 6.08 Å². The average Bonchev–Trinajstić information content (AvgIpc) is 2.83. The van der Waals surface area contributed by atoms with E-state index in [0.717, 1.165) is 16.3 Å². The van der Waals surface area contributed by atoms with Gasteiger partial charge in [0.1, 0.15) is 5.01 Å². The monoisotopic (exact) mass is 339 g/mol. The fourth-order valence-corrected chi connectivity index (χ4v) is 3.29. The van der Waals surface area contributed by atoms with Gasteiger partial charge in [0.15, 0.2) is 8.32 Å². The number of aliphatic hydroxyl groups excluding tert-OH is 1. The van der Waals surface area contributed by atoms with E-state index in [1.54, 1.807) is 17.4 Å². The number of hydrogen-bond acceptors (Lipinski definition) is 4. The highest BCUT2D eigenvalue weighted by molar-refractivity contribution is 7.09. The van der Waals surface area contributed by atoms with Crippen LogP contribution in [0.2, 0.25) is 18.1 Å². The van der Waals surface area contributed by atoms with Crippen LogP contribution in [-0.4, -0.2) is 24.5 Å². The molecule has 0 saturated heterocycles. The third-order valence-corrected chi connectivity index (χ3v) is 9.54. The first-order chi connectivity index (χ1) is 10.1. The van der Waals surface area contributed by atoms with Crippen molar-refractivity contribution in [3.05, 3.63) is 34.3 Å². The molecule has 0 bridgehead atoms. The predicted octanol–water partition coefficient (Wildman–Crippen LogP) is 5.01. The Kier molecular flexibility index (Phi) is 6.74. The molecule has 0 amide bonds. The van der Waals surface area contributed by atoms with E-state index in [1.807, 2.05) is 18.4 Å². The minimum atomic E-state index is -1.74. The highest BCUT2D eigenvalue weighted by Gasteiger charge is 2.37. The number of hydrogen-bond donors (Lipinski definition) is 1. The first-order valence-electron chi connectivity index (χ1n) is 7.62. The molecule has 0 aromatic carbocycles. The second-order valence-electron chi connectivity index (χ2n) is 7.14. The molecule has 1 atom stereocenters. The second-order valence-corrected chi connectivity index (χ2v) is 12.9. The van der Waals surface area contributed by atoms with Crippen LogP contribution in [-0.2, 0) is 11.0 Å². The summed E-state index contributed by atoms with van der Waals surface area (Å²) < 4.78 is 6.19. The lowest BCUT2D eigenvalue weighted by Gasteiger charge is -2.35. The third-order valence-electron chi connectivity index (χ3n) is 4.22. The minimum Gasteiger partial charge on any atom is -0.410 e. The van der Waals surface area contributed by atoms with Crippen molar-refractivity contribution >= 4 is 25.7 Å². The molecule has 22 heavy (non-hydrogen) atoms. The van der Waals surface area contributed by atoms with Gasteiger partial charge < -0.3 is 9.53 Å². The van der Waals surface area contributed by atoms with E-state index in [-0.39, 0.29) is 5.04 Å². The van der Waals surface area contributed by atoms with Gasteiger partial charge in [-0.2, -0.15) is 0 Å². The predicted molar refractivity (Wildman–Crippen MR) is 98.6 cm³/mol. The SMILES string of the molecule is C=CC[C@H](O)/C(C)=C/c1csc(CO[Si](C)(C)C(C)(C)C)n1. The van der Waals surface area contributed by atoms with Crippen molar-refractivity contribution in [1.82, 2.24) is 4.98 Å². The summed E-state index contributed by atoms with van der Waals surface area (Å²) in [7, 11) is -1.74. The van der Waals surface area contributed by atoms with E-state index in [4.69, 9.17) is 4.43 Å². The molecule has 0 spiro atoms.